The molecule has 5 aromatic rings. The highest BCUT2D eigenvalue weighted by Crippen LogP contribution is 2.45. The summed E-state index contributed by atoms with van der Waals surface area (Å²) in [6.45, 7) is 4.73. The highest BCUT2D eigenvalue weighted by atomic mass is 19.1. The second-order valence-electron chi connectivity index (χ2n) is 9.97. The molecule has 0 saturated heterocycles. The number of pyridine rings is 2. The maximum atomic E-state index is 14.8. The van der Waals surface area contributed by atoms with Gasteiger partial charge in [-0.15, -0.1) is 0 Å². The quantitative estimate of drug-likeness (QED) is 0.224. The zero-order chi connectivity index (χ0) is 24.9. The van der Waals surface area contributed by atoms with Crippen LogP contribution in [0.5, 0.6) is 0 Å². The van der Waals surface area contributed by atoms with Crippen molar-refractivity contribution in [2.24, 2.45) is 0 Å². The van der Waals surface area contributed by atoms with E-state index in [2.05, 4.69) is 100 Å². The van der Waals surface area contributed by atoms with E-state index in [4.69, 9.17) is 6.58 Å². The molecule has 2 atom stereocenters. The molecule has 7 rings (SSSR count). The molecule has 2 nitrogen and oxygen atoms in total. The first-order valence-corrected chi connectivity index (χ1v) is 12.9. The fourth-order valence-electron chi connectivity index (χ4n) is 6.36. The van der Waals surface area contributed by atoms with Crippen molar-refractivity contribution in [1.29, 1.82) is 0 Å². The summed E-state index contributed by atoms with van der Waals surface area (Å²) < 4.78 is 19.4. The zero-order valence-electron chi connectivity index (χ0n) is 20.5. The number of nitrogens with zero attached hydrogens (tertiary/aromatic N) is 2. The van der Waals surface area contributed by atoms with Crippen molar-refractivity contribution >= 4 is 5.70 Å². The van der Waals surface area contributed by atoms with Gasteiger partial charge in [0.1, 0.15) is 5.82 Å². The van der Waals surface area contributed by atoms with Gasteiger partial charge in [0.25, 0.3) is 0 Å². The lowest BCUT2D eigenvalue weighted by molar-refractivity contribution is -0.727. The Kier molecular flexibility index (Phi) is 5.10. The van der Waals surface area contributed by atoms with Crippen LogP contribution in [0.1, 0.15) is 29.5 Å². The van der Waals surface area contributed by atoms with Crippen molar-refractivity contribution in [3.8, 4) is 33.6 Å². The molecule has 0 saturated carbocycles. The third-order valence-electron chi connectivity index (χ3n) is 7.99. The van der Waals surface area contributed by atoms with Crippen LogP contribution in [0, 0.1) is 5.82 Å². The summed E-state index contributed by atoms with van der Waals surface area (Å²) in [5, 5.41) is 0. The highest BCUT2D eigenvalue weighted by Gasteiger charge is 2.46. The Morgan fingerprint density at radius 2 is 1.51 bits per heavy atom. The van der Waals surface area contributed by atoms with Gasteiger partial charge in [0.15, 0.2) is 12.4 Å². The Morgan fingerprint density at radius 3 is 2.41 bits per heavy atom. The molecular formula is C34H27FN2+2. The number of rotatable bonds is 1. The predicted octanol–water partition coefficient (Wildman–Crippen LogP) is 7.16. The molecule has 0 amide bonds. The van der Waals surface area contributed by atoms with E-state index in [-0.39, 0.29) is 17.8 Å². The summed E-state index contributed by atoms with van der Waals surface area (Å²) in [4.78, 5) is 0. The van der Waals surface area contributed by atoms with Gasteiger partial charge in [0.2, 0.25) is 23.1 Å². The van der Waals surface area contributed by atoms with Crippen LogP contribution in [-0.2, 0) is 6.42 Å². The number of aromatic nitrogens is 2. The van der Waals surface area contributed by atoms with E-state index in [1.54, 1.807) is 12.1 Å². The van der Waals surface area contributed by atoms with Crippen molar-refractivity contribution in [2.45, 2.75) is 24.8 Å². The van der Waals surface area contributed by atoms with Gasteiger partial charge in [-0.1, -0.05) is 54.6 Å². The van der Waals surface area contributed by atoms with Crippen LogP contribution in [0.25, 0.3) is 39.3 Å². The third-order valence-corrected chi connectivity index (χ3v) is 7.99. The molecule has 0 spiro atoms. The summed E-state index contributed by atoms with van der Waals surface area (Å²) in [6, 6.07) is 35.0. The smallest absolute Gasteiger partial charge is 0.207 e. The van der Waals surface area contributed by atoms with Crippen molar-refractivity contribution in [2.75, 3.05) is 0 Å². The normalized spacial score (nSPS) is 17.7. The predicted molar refractivity (Wildman–Crippen MR) is 145 cm³/mol. The number of fused-ring (bicyclic) bond motifs is 9. The Bertz CT molecular complexity index is 1670. The van der Waals surface area contributed by atoms with Gasteiger partial charge in [-0.2, -0.15) is 9.13 Å². The molecule has 0 N–H and O–H groups in total. The third kappa shape index (κ3) is 3.46. The Labute approximate surface area is 216 Å². The van der Waals surface area contributed by atoms with Crippen molar-refractivity contribution in [3.05, 3.63) is 139 Å². The minimum atomic E-state index is -0.222. The van der Waals surface area contributed by atoms with Gasteiger partial charge in [0.05, 0.1) is 17.0 Å². The molecule has 2 aromatic heterocycles. The SMILES string of the molecule is C=C1C2C(CCc3ccc(F)cc3-c3c(-c4ccccc4)ccc[n+]31)c1ccccc1-c1cccc[n+]12. The first-order chi connectivity index (χ1) is 18.2. The molecule has 0 aliphatic carbocycles. The van der Waals surface area contributed by atoms with E-state index in [1.807, 2.05) is 12.1 Å². The van der Waals surface area contributed by atoms with E-state index >= 15 is 0 Å². The first kappa shape index (κ1) is 21.9. The molecule has 3 aromatic carbocycles. The fraction of sp³-hybridized carbons (Fsp3) is 0.118. The second-order valence-corrected chi connectivity index (χ2v) is 9.97. The standard InChI is InChI=1S/C34H27FN2/c1-23-33-30(28-12-5-6-13-29(28)32-15-7-8-20-37(32)33)19-17-25-16-18-26(35)22-31(25)34-27(14-9-21-36(23)34)24-10-3-2-4-11-24/h2-16,18,20-22,30,33H,1,17,19H2/q+2. The van der Waals surface area contributed by atoms with E-state index in [0.717, 1.165) is 46.5 Å². The van der Waals surface area contributed by atoms with E-state index < -0.39 is 0 Å². The summed E-state index contributed by atoms with van der Waals surface area (Å²) >= 11 is 0. The number of halogens is 1. The number of benzene rings is 3. The molecule has 3 heteroatoms. The molecule has 4 heterocycles. The minimum Gasteiger partial charge on any atom is -0.207 e. The molecule has 2 aliphatic heterocycles. The lowest BCUT2D eigenvalue weighted by atomic mass is 9.78. The maximum Gasteiger partial charge on any atom is 0.249 e. The monoisotopic (exact) mass is 482 g/mol. The molecule has 0 bridgehead atoms. The lowest BCUT2D eigenvalue weighted by Crippen LogP contribution is -2.53. The number of hydrogen-bond donors (Lipinski definition) is 0. The van der Waals surface area contributed by atoms with Gasteiger partial charge >= 0.3 is 0 Å². The fourth-order valence-corrected chi connectivity index (χ4v) is 6.36. The number of aryl methyl sites for hydroxylation is 1. The summed E-state index contributed by atoms with van der Waals surface area (Å²) in [5.41, 5.74) is 10.1. The van der Waals surface area contributed by atoms with Gasteiger partial charge in [-0.25, -0.2) is 4.39 Å². The van der Waals surface area contributed by atoms with Crippen molar-refractivity contribution < 1.29 is 13.5 Å². The van der Waals surface area contributed by atoms with Gasteiger partial charge in [0, 0.05) is 23.8 Å². The molecular weight excluding hydrogens is 455 g/mol. The van der Waals surface area contributed by atoms with Crippen LogP contribution in [0.15, 0.2) is 122 Å². The minimum absolute atomic E-state index is 0.0278. The maximum absolute atomic E-state index is 14.8. The van der Waals surface area contributed by atoms with Crippen LogP contribution < -0.4 is 9.13 Å². The zero-order valence-corrected chi connectivity index (χ0v) is 20.5. The molecule has 37 heavy (non-hydrogen) atoms. The average Bonchev–Trinajstić information content (AvgIpc) is 3.00. The van der Waals surface area contributed by atoms with E-state index in [1.165, 1.54) is 16.8 Å². The molecule has 2 aliphatic rings. The molecule has 0 fully saturated rings. The largest absolute Gasteiger partial charge is 0.249 e. The summed E-state index contributed by atoms with van der Waals surface area (Å²) in [5.74, 6) is 0.0147. The summed E-state index contributed by atoms with van der Waals surface area (Å²) in [7, 11) is 0. The van der Waals surface area contributed by atoms with Gasteiger partial charge in [-0.3, -0.25) is 0 Å². The Hall–Kier alpha value is -4.37. The molecule has 178 valence electrons. The Balaban J connectivity index is 1.54. The van der Waals surface area contributed by atoms with Gasteiger partial charge in [-0.05, 0) is 66.4 Å². The first-order valence-electron chi connectivity index (χ1n) is 12.9. The topological polar surface area (TPSA) is 7.76 Å². The average molecular weight is 483 g/mol. The van der Waals surface area contributed by atoms with Crippen molar-refractivity contribution in [3.63, 3.8) is 0 Å². The molecule has 0 radical (unpaired) electrons. The van der Waals surface area contributed by atoms with Gasteiger partial charge < -0.3 is 0 Å². The van der Waals surface area contributed by atoms with Crippen LogP contribution in [0.4, 0.5) is 4.39 Å². The van der Waals surface area contributed by atoms with E-state index in [9.17, 15) is 4.39 Å². The van der Waals surface area contributed by atoms with E-state index in [0.29, 0.717) is 0 Å². The van der Waals surface area contributed by atoms with Crippen LogP contribution in [-0.4, -0.2) is 0 Å². The number of hydrogen-bond acceptors (Lipinski definition) is 0. The van der Waals surface area contributed by atoms with Crippen LogP contribution >= 0.6 is 0 Å². The Morgan fingerprint density at radius 1 is 0.730 bits per heavy atom. The molecule has 2 unspecified atom stereocenters. The number of allylic oxidation sites excluding steroid dienone is 1. The highest BCUT2D eigenvalue weighted by molar-refractivity contribution is 5.81. The lowest BCUT2D eigenvalue weighted by Gasteiger charge is -2.29. The van der Waals surface area contributed by atoms with Crippen molar-refractivity contribution in [1.82, 2.24) is 0 Å². The van der Waals surface area contributed by atoms with Crippen LogP contribution in [0.2, 0.25) is 0 Å². The van der Waals surface area contributed by atoms with Crippen LogP contribution in [0.3, 0.4) is 0 Å². The summed E-state index contributed by atoms with van der Waals surface area (Å²) in [6.07, 6.45) is 6.06. The second kappa shape index (κ2) is 8.63.